The molecule has 3 rings (SSSR count). The molecule has 3 atom stereocenters. The summed E-state index contributed by atoms with van der Waals surface area (Å²) in [4.78, 5) is 0. The minimum Gasteiger partial charge on any atom is -0.0648 e. The van der Waals surface area contributed by atoms with E-state index in [2.05, 4.69) is 156 Å². The van der Waals surface area contributed by atoms with Gasteiger partial charge in [0.2, 0.25) is 0 Å². The summed E-state index contributed by atoms with van der Waals surface area (Å²) in [6.07, 6.45) is 2.47. The molecule has 3 aromatic carbocycles. The van der Waals surface area contributed by atoms with Gasteiger partial charge in [-0.2, -0.15) is 0 Å². The minimum atomic E-state index is 0.672. The molecule has 3 aromatic rings. The van der Waals surface area contributed by atoms with Crippen LogP contribution in [0.25, 0.3) is 0 Å². The number of hydrogen-bond donors (Lipinski definition) is 0. The molecule has 3 unspecified atom stereocenters. The highest BCUT2D eigenvalue weighted by Gasteiger charge is 2.13. The van der Waals surface area contributed by atoms with Gasteiger partial charge in [0.25, 0.3) is 0 Å². The molecule has 0 saturated heterocycles. The normalized spacial score (nSPS) is 13.3. The molecule has 0 spiro atoms. The van der Waals surface area contributed by atoms with E-state index in [0.29, 0.717) is 5.92 Å². The molecule has 0 heteroatoms. The molecule has 0 aliphatic carbocycles. The zero-order chi connectivity index (χ0) is 28.8. The molecule has 0 amide bonds. The maximum atomic E-state index is 2.30. The van der Waals surface area contributed by atoms with E-state index in [0.717, 1.165) is 29.6 Å². The van der Waals surface area contributed by atoms with E-state index in [9.17, 15) is 0 Å². The monoisotopic (exact) mass is 514 g/mol. The van der Waals surface area contributed by atoms with E-state index in [1.165, 1.54) is 46.2 Å². The van der Waals surface area contributed by atoms with Gasteiger partial charge in [0.15, 0.2) is 0 Å². The van der Waals surface area contributed by atoms with Crippen LogP contribution >= 0.6 is 0 Å². The summed E-state index contributed by atoms with van der Waals surface area (Å²) in [5.41, 5.74) is 8.47. The van der Waals surface area contributed by atoms with Crippen molar-refractivity contribution in [2.24, 2.45) is 17.8 Å². The molecule has 38 heavy (non-hydrogen) atoms. The van der Waals surface area contributed by atoms with Crippen LogP contribution in [0.2, 0.25) is 0 Å². The molecule has 0 aliphatic rings. The highest BCUT2D eigenvalue weighted by Crippen LogP contribution is 2.28. The van der Waals surface area contributed by atoms with Gasteiger partial charge in [-0.15, -0.1) is 0 Å². The predicted octanol–water partition coefficient (Wildman–Crippen LogP) is 12.0. The Morgan fingerprint density at radius 2 is 0.658 bits per heavy atom. The van der Waals surface area contributed by atoms with Crippen LogP contribution in [0.1, 0.15) is 126 Å². The largest absolute Gasteiger partial charge is 0.0648 e. The molecule has 0 radical (unpaired) electrons. The Morgan fingerprint density at radius 3 is 0.868 bits per heavy atom. The molecule has 0 nitrogen and oxygen atoms in total. The third-order valence-corrected chi connectivity index (χ3v) is 8.10. The maximum Gasteiger partial charge on any atom is -0.0141 e. The summed E-state index contributed by atoms with van der Waals surface area (Å²) < 4.78 is 0. The molecule has 0 fully saturated rings. The van der Waals surface area contributed by atoms with Gasteiger partial charge >= 0.3 is 0 Å². The standard InChI is InChI=1S/2C13H20.C12H18/c2*1-5-13(10(2)3)12-8-6-11(4)7-9-12;1-9(2)11(4)12-7-5-10(3)6-8-12/h2*6-10,13H,5H2,1-4H3;5-9,11H,1-4H3. The first-order chi connectivity index (χ1) is 17.9. The summed E-state index contributed by atoms with van der Waals surface area (Å²) in [7, 11) is 0. The van der Waals surface area contributed by atoms with Crippen molar-refractivity contribution < 1.29 is 0 Å². The smallest absolute Gasteiger partial charge is 0.0141 e. The number of benzene rings is 3. The molecular formula is C38H58. The van der Waals surface area contributed by atoms with Crippen molar-refractivity contribution in [3.8, 4) is 0 Å². The summed E-state index contributed by atoms with van der Waals surface area (Å²) in [5.74, 6) is 4.33. The topological polar surface area (TPSA) is 0 Å². The second-order valence-corrected chi connectivity index (χ2v) is 12.3. The average molecular weight is 515 g/mol. The Kier molecular flexibility index (Phi) is 15.3. The quantitative estimate of drug-likeness (QED) is 0.280. The Balaban J connectivity index is 0.000000285. The number of hydrogen-bond acceptors (Lipinski definition) is 0. The molecule has 0 aliphatic heterocycles. The number of rotatable bonds is 8. The first kappa shape index (κ1) is 33.7. The van der Waals surface area contributed by atoms with Crippen LogP contribution in [0.15, 0.2) is 72.8 Å². The van der Waals surface area contributed by atoms with Crippen molar-refractivity contribution in [2.45, 2.75) is 114 Å². The van der Waals surface area contributed by atoms with Crippen molar-refractivity contribution in [1.82, 2.24) is 0 Å². The van der Waals surface area contributed by atoms with E-state index in [4.69, 9.17) is 0 Å². The fraction of sp³-hybridized carbons (Fsp3) is 0.526. The first-order valence-electron chi connectivity index (χ1n) is 15.1. The fourth-order valence-electron chi connectivity index (χ4n) is 5.07. The number of aryl methyl sites for hydroxylation is 3. The van der Waals surface area contributed by atoms with Crippen molar-refractivity contribution in [3.05, 3.63) is 106 Å². The SMILES string of the molecule is CCC(c1ccc(C)cc1)C(C)C.CCC(c1ccc(C)cc1)C(C)C.Cc1ccc(C(C)C(C)C)cc1. The van der Waals surface area contributed by atoms with Crippen molar-refractivity contribution in [1.29, 1.82) is 0 Å². The van der Waals surface area contributed by atoms with Gasteiger partial charge in [-0.1, -0.05) is 152 Å². The van der Waals surface area contributed by atoms with Crippen molar-refractivity contribution >= 4 is 0 Å². The molecule has 0 heterocycles. The molecule has 0 aromatic heterocycles. The van der Waals surface area contributed by atoms with Crippen molar-refractivity contribution in [2.75, 3.05) is 0 Å². The molecule has 210 valence electrons. The first-order valence-corrected chi connectivity index (χ1v) is 15.1. The average Bonchev–Trinajstić information content (AvgIpc) is 2.87. The van der Waals surface area contributed by atoms with Gasteiger partial charge in [-0.3, -0.25) is 0 Å². The van der Waals surface area contributed by atoms with Gasteiger partial charge in [0.05, 0.1) is 0 Å². The second kappa shape index (κ2) is 17.3. The third kappa shape index (κ3) is 11.6. The van der Waals surface area contributed by atoms with Crippen LogP contribution in [0.5, 0.6) is 0 Å². The molecular weight excluding hydrogens is 456 g/mol. The lowest BCUT2D eigenvalue weighted by Crippen LogP contribution is -2.05. The predicted molar refractivity (Wildman–Crippen MR) is 173 cm³/mol. The van der Waals surface area contributed by atoms with Crippen LogP contribution in [-0.4, -0.2) is 0 Å². The van der Waals surface area contributed by atoms with Gasteiger partial charge < -0.3 is 0 Å². The Hall–Kier alpha value is -2.34. The molecule has 0 saturated carbocycles. The van der Waals surface area contributed by atoms with Gasteiger partial charge in [-0.25, -0.2) is 0 Å². The maximum absolute atomic E-state index is 2.30. The third-order valence-electron chi connectivity index (χ3n) is 8.10. The Labute approximate surface area is 237 Å². The van der Waals surface area contributed by atoms with Gasteiger partial charge in [-0.05, 0) is 85.8 Å². The second-order valence-electron chi connectivity index (χ2n) is 12.3. The lowest BCUT2D eigenvalue weighted by Gasteiger charge is -2.19. The minimum absolute atomic E-state index is 0.672. The zero-order valence-corrected chi connectivity index (χ0v) is 26.8. The zero-order valence-electron chi connectivity index (χ0n) is 26.8. The van der Waals surface area contributed by atoms with Crippen LogP contribution in [-0.2, 0) is 0 Å². The van der Waals surface area contributed by atoms with Crippen molar-refractivity contribution in [3.63, 3.8) is 0 Å². The van der Waals surface area contributed by atoms with Crippen LogP contribution in [0, 0.1) is 38.5 Å². The van der Waals surface area contributed by atoms with Crippen LogP contribution in [0.4, 0.5) is 0 Å². The summed E-state index contributed by atoms with van der Waals surface area (Å²) >= 11 is 0. The highest BCUT2D eigenvalue weighted by atomic mass is 14.2. The van der Waals surface area contributed by atoms with Gasteiger partial charge in [0, 0.05) is 0 Å². The molecule has 0 N–H and O–H groups in total. The van der Waals surface area contributed by atoms with Gasteiger partial charge in [0.1, 0.15) is 0 Å². The fourth-order valence-corrected chi connectivity index (χ4v) is 5.07. The summed E-state index contributed by atoms with van der Waals surface area (Å²) in [5, 5.41) is 0. The van der Waals surface area contributed by atoms with E-state index in [1.807, 2.05) is 0 Å². The van der Waals surface area contributed by atoms with E-state index in [1.54, 1.807) is 0 Å². The van der Waals surface area contributed by atoms with E-state index in [-0.39, 0.29) is 0 Å². The van der Waals surface area contributed by atoms with E-state index >= 15 is 0 Å². The summed E-state index contributed by atoms with van der Waals surface area (Å²) in [6.45, 7) is 27.0. The summed E-state index contributed by atoms with van der Waals surface area (Å²) in [6, 6.07) is 26.8. The lowest BCUT2D eigenvalue weighted by molar-refractivity contribution is 0.485. The van der Waals surface area contributed by atoms with Crippen LogP contribution in [0.3, 0.4) is 0 Å². The lowest BCUT2D eigenvalue weighted by atomic mass is 9.86. The van der Waals surface area contributed by atoms with Crippen LogP contribution < -0.4 is 0 Å². The van der Waals surface area contributed by atoms with E-state index < -0.39 is 0 Å². The highest BCUT2D eigenvalue weighted by molar-refractivity contribution is 5.26. The molecule has 0 bridgehead atoms. The Bertz CT molecular complexity index is 930. The Morgan fingerprint density at radius 1 is 0.395 bits per heavy atom.